The number of nitrogens with two attached hydrogens (primary N) is 2. The SMILES string of the molecule is C=CC(N)=O.C=CC(N)=O.C=CN1CCCC1=O. The Hall–Kier alpha value is -2.37. The lowest BCUT2D eigenvalue weighted by Crippen LogP contribution is -2.16. The standard InChI is InChI=1S/C6H9NO.2C3H5NO/c1-2-7-5-3-4-6(7)8;2*1-2-3(4)5/h2H,1,3-5H2;2*2H,1H2,(H2,4,5). The number of hydrogen-bond acceptors (Lipinski definition) is 3. The predicted octanol–water partition coefficient (Wildman–Crippen LogP) is 0.0677. The summed E-state index contributed by atoms with van der Waals surface area (Å²) in [4.78, 5) is 31.3. The summed E-state index contributed by atoms with van der Waals surface area (Å²) >= 11 is 0. The maximum absolute atomic E-state index is 10.7. The molecule has 3 amide bonds. The summed E-state index contributed by atoms with van der Waals surface area (Å²) in [5.74, 6) is -0.755. The summed E-state index contributed by atoms with van der Waals surface area (Å²) in [5, 5.41) is 0. The van der Waals surface area contributed by atoms with E-state index in [-0.39, 0.29) is 5.91 Å². The molecule has 0 unspecified atom stereocenters. The average Bonchev–Trinajstić information content (AvgIpc) is 2.76. The molecule has 0 aromatic carbocycles. The Kier molecular flexibility index (Phi) is 11.1. The number of carbonyl (C=O) groups excluding carboxylic acids is 3. The highest BCUT2D eigenvalue weighted by Crippen LogP contribution is 2.08. The maximum atomic E-state index is 10.7. The smallest absolute Gasteiger partial charge is 0.240 e. The molecule has 6 nitrogen and oxygen atoms in total. The molecular weight excluding hydrogens is 234 g/mol. The van der Waals surface area contributed by atoms with Gasteiger partial charge in [0.1, 0.15) is 0 Å². The van der Waals surface area contributed by atoms with Gasteiger partial charge in [-0.15, -0.1) is 0 Å². The second kappa shape index (κ2) is 11.1. The van der Waals surface area contributed by atoms with Crippen LogP contribution >= 0.6 is 0 Å². The molecule has 1 saturated heterocycles. The molecule has 18 heavy (non-hydrogen) atoms. The molecule has 0 bridgehead atoms. The molecule has 1 fully saturated rings. The molecule has 1 aliphatic rings. The number of likely N-dealkylation sites (tertiary alicyclic amines) is 1. The van der Waals surface area contributed by atoms with Gasteiger partial charge >= 0.3 is 0 Å². The van der Waals surface area contributed by atoms with Crippen LogP contribution in [0.5, 0.6) is 0 Å². The molecule has 0 radical (unpaired) electrons. The Morgan fingerprint density at radius 2 is 1.50 bits per heavy atom. The van der Waals surface area contributed by atoms with Crippen molar-refractivity contribution in [2.75, 3.05) is 6.54 Å². The van der Waals surface area contributed by atoms with Crippen LogP contribution in [0.3, 0.4) is 0 Å². The number of rotatable bonds is 3. The van der Waals surface area contributed by atoms with Gasteiger partial charge in [0.25, 0.3) is 0 Å². The van der Waals surface area contributed by atoms with E-state index in [0.29, 0.717) is 6.42 Å². The van der Waals surface area contributed by atoms with Crippen LogP contribution in [0.4, 0.5) is 0 Å². The van der Waals surface area contributed by atoms with E-state index in [0.717, 1.165) is 25.1 Å². The first-order chi connectivity index (χ1) is 8.38. The van der Waals surface area contributed by atoms with Crippen LogP contribution in [0.2, 0.25) is 0 Å². The summed E-state index contributed by atoms with van der Waals surface area (Å²) in [6, 6.07) is 0. The highest BCUT2D eigenvalue weighted by atomic mass is 16.2. The van der Waals surface area contributed by atoms with E-state index >= 15 is 0 Å². The Labute approximate surface area is 107 Å². The van der Waals surface area contributed by atoms with Gasteiger partial charge in [-0.3, -0.25) is 14.4 Å². The van der Waals surface area contributed by atoms with E-state index in [2.05, 4.69) is 31.2 Å². The van der Waals surface area contributed by atoms with E-state index in [1.54, 1.807) is 11.1 Å². The highest BCUT2D eigenvalue weighted by molar-refractivity contribution is 5.85. The quantitative estimate of drug-likeness (QED) is 0.695. The summed E-state index contributed by atoms with van der Waals surface area (Å²) in [5.41, 5.74) is 9.07. The Morgan fingerprint density at radius 3 is 1.61 bits per heavy atom. The molecule has 1 rings (SSSR count). The molecule has 0 atom stereocenters. The number of amides is 3. The second-order valence-corrected chi connectivity index (χ2v) is 3.09. The molecular formula is C12H19N3O3. The summed E-state index contributed by atoms with van der Waals surface area (Å²) in [6.45, 7) is 10.5. The number of hydrogen-bond donors (Lipinski definition) is 2. The van der Waals surface area contributed by atoms with E-state index in [1.165, 1.54) is 0 Å². The van der Waals surface area contributed by atoms with E-state index in [9.17, 15) is 14.4 Å². The molecule has 4 N–H and O–H groups in total. The van der Waals surface area contributed by atoms with Crippen molar-refractivity contribution < 1.29 is 14.4 Å². The van der Waals surface area contributed by atoms with Crippen molar-refractivity contribution in [3.63, 3.8) is 0 Å². The van der Waals surface area contributed by atoms with E-state index < -0.39 is 11.8 Å². The molecule has 0 spiro atoms. The minimum Gasteiger partial charge on any atom is -0.366 e. The summed E-state index contributed by atoms with van der Waals surface area (Å²) < 4.78 is 0. The van der Waals surface area contributed by atoms with Crippen LogP contribution < -0.4 is 11.5 Å². The zero-order chi connectivity index (χ0) is 14.6. The molecule has 6 heteroatoms. The largest absolute Gasteiger partial charge is 0.366 e. The predicted molar refractivity (Wildman–Crippen MR) is 69.9 cm³/mol. The average molecular weight is 253 g/mol. The minimum absolute atomic E-state index is 0.208. The lowest BCUT2D eigenvalue weighted by molar-refractivity contribution is -0.125. The molecule has 100 valence electrons. The Morgan fingerprint density at radius 1 is 1.11 bits per heavy atom. The molecule has 1 aliphatic heterocycles. The van der Waals surface area contributed by atoms with Crippen LogP contribution in [0.25, 0.3) is 0 Å². The summed E-state index contributed by atoms with van der Waals surface area (Å²) in [6.07, 6.45) is 5.40. The van der Waals surface area contributed by atoms with Crippen LogP contribution in [-0.4, -0.2) is 29.2 Å². The zero-order valence-electron chi connectivity index (χ0n) is 10.3. The number of nitrogens with zero attached hydrogens (tertiary/aromatic N) is 1. The van der Waals surface area contributed by atoms with Gasteiger partial charge in [0.2, 0.25) is 17.7 Å². The number of primary amides is 2. The molecule has 0 saturated carbocycles. The Bertz CT molecular complexity index is 319. The number of carbonyl (C=O) groups is 3. The van der Waals surface area contributed by atoms with Gasteiger partial charge in [0.15, 0.2) is 0 Å². The van der Waals surface area contributed by atoms with Crippen LogP contribution in [0.1, 0.15) is 12.8 Å². The van der Waals surface area contributed by atoms with Gasteiger partial charge in [-0.05, 0) is 24.8 Å². The lowest BCUT2D eigenvalue weighted by Gasteiger charge is -2.05. The van der Waals surface area contributed by atoms with Crippen molar-refractivity contribution >= 4 is 17.7 Å². The van der Waals surface area contributed by atoms with Crippen molar-refractivity contribution in [2.45, 2.75) is 12.8 Å². The molecule has 1 heterocycles. The van der Waals surface area contributed by atoms with Gasteiger partial charge < -0.3 is 16.4 Å². The highest BCUT2D eigenvalue weighted by Gasteiger charge is 2.15. The second-order valence-electron chi connectivity index (χ2n) is 3.09. The van der Waals surface area contributed by atoms with Crippen molar-refractivity contribution in [3.05, 3.63) is 38.1 Å². The first-order valence-corrected chi connectivity index (χ1v) is 5.14. The lowest BCUT2D eigenvalue weighted by atomic mass is 10.4. The van der Waals surface area contributed by atoms with Crippen molar-refractivity contribution in [3.8, 4) is 0 Å². The fourth-order valence-corrected chi connectivity index (χ4v) is 0.862. The normalized spacial score (nSPS) is 12.2. The maximum Gasteiger partial charge on any atom is 0.240 e. The molecule has 0 aliphatic carbocycles. The first-order valence-electron chi connectivity index (χ1n) is 5.14. The van der Waals surface area contributed by atoms with Gasteiger partial charge in [-0.1, -0.05) is 19.7 Å². The fraction of sp³-hybridized carbons (Fsp3) is 0.250. The van der Waals surface area contributed by atoms with Crippen molar-refractivity contribution in [2.24, 2.45) is 11.5 Å². The Balaban J connectivity index is 0. The third kappa shape index (κ3) is 11.7. The van der Waals surface area contributed by atoms with Crippen LogP contribution in [-0.2, 0) is 14.4 Å². The van der Waals surface area contributed by atoms with Crippen LogP contribution in [0.15, 0.2) is 38.1 Å². The summed E-state index contributed by atoms with van der Waals surface area (Å²) in [7, 11) is 0. The van der Waals surface area contributed by atoms with E-state index in [4.69, 9.17) is 0 Å². The third-order valence-electron chi connectivity index (χ3n) is 1.73. The van der Waals surface area contributed by atoms with Crippen molar-refractivity contribution in [1.29, 1.82) is 0 Å². The van der Waals surface area contributed by atoms with Gasteiger partial charge in [-0.25, -0.2) is 0 Å². The fourth-order valence-electron chi connectivity index (χ4n) is 0.862. The van der Waals surface area contributed by atoms with Crippen LogP contribution in [0, 0.1) is 0 Å². The minimum atomic E-state index is -0.481. The van der Waals surface area contributed by atoms with Gasteiger partial charge in [0.05, 0.1) is 0 Å². The molecule has 0 aromatic heterocycles. The zero-order valence-corrected chi connectivity index (χ0v) is 10.3. The van der Waals surface area contributed by atoms with Gasteiger partial charge in [-0.2, -0.15) is 0 Å². The van der Waals surface area contributed by atoms with Crippen molar-refractivity contribution in [1.82, 2.24) is 4.90 Å². The molecule has 0 aromatic rings. The monoisotopic (exact) mass is 253 g/mol. The first kappa shape index (κ1) is 18.0. The topological polar surface area (TPSA) is 106 Å². The van der Waals surface area contributed by atoms with E-state index in [1.807, 2.05) is 0 Å². The van der Waals surface area contributed by atoms with Gasteiger partial charge in [0, 0.05) is 13.0 Å². The third-order valence-corrected chi connectivity index (χ3v) is 1.73.